The molecule has 1 amide bonds. The second kappa shape index (κ2) is 7.64. The van der Waals surface area contributed by atoms with E-state index >= 15 is 0 Å². The predicted molar refractivity (Wildman–Crippen MR) is 102 cm³/mol. The molecule has 0 saturated carbocycles. The van der Waals surface area contributed by atoms with E-state index in [1.807, 2.05) is 6.07 Å². The Morgan fingerprint density at radius 2 is 2.00 bits per heavy atom. The monoisotopic (exact) mass is 407 g/mol. The van der Waals surface area contributed by atoms with Crippen LogP contribution < -0.4 is 10.5 Å². The molecular formula is C21H17N3O6. The summed E-state index contributed by atoms with van der Waals surface area (Å²) < 4.78 is 15.2. The molecule has 9 heteroatoms. The van der Waals surface area contributed by atoms with Gasteiger partial charge in [-0.15, -0.1) is 6.42 Å². The number of nitriles is 1. The fourth-order valence-electron chi connectivity index (χ4n) is 3.78. The Kier molecular flexibility index (Phi) is 5.22. The molecule has 1 spiro atoms. The van der Waals surface area contributed by atoms with E-state index in [1.54, 1.807) is 18.2 Å². The van der Waals surface area contributed by atoms with Crippen LogP contribution in [0.5, 0.6) is 5.75 Å². The normalized spacial score (nSPS) is 19.7. The van der Waals surface area contributed by atoms with Gasteiger partial charge in [0.25, 0.3) is 0 Å². The van der Waals surface area contributed by atoms with Crippen LogP contribution in [0.4, 0.5) is 0 Å². The smallest absolute Gasteiger partial charge is 0.337 e. The lowest BCUT2D eigenvalue weighted by atomic mass is 9.68. The Bertz CT molecular complexity index is 1100. The van der Waals surface area contributed by atoms with Gasteiger partial charge < -0.3 is 24.8 Å². The van der Waals surface area contributed by atoms with Crippen molar-refractivity contribution in [2.45, 2.75) is 11.8 Å². The highest BCUT2D eigenvalue weighted by atomic mass is 16.5. The van der Waals surface area contributed by atoms with E-state index in [9.17, 15) is 19.6 Å². The molecule has 2 aliphatic rings. The molecule has 1 aromatic rings. The van der Waals surface area contributed by atoms with Crippen LogP contribution in [0.2, 0.25) is 0 Å². The lowest BCUT2D eigenvalue weighted by molar-refractivity contribution is -0.140. The maximum absolute atomic E-state index is 13.8. The minimum absolute atomic E-state index is 0.0195. The molecule has 30 heavy (non-hydrogen) atoms. The number of terminal acetylenes is 1. The van der Waals surface area contributed by atoms with E-state index in [-0.39, 0.29) is 40.6 Å². The number of para-hydroxylation sites is 1. The zero-order valence-corrected chi connectivity index (χ0v) is 16.2. The maximum Gasteiger partial charge on any atom is 0.337 e. The van der Waals surface area contributed by atoms with E-state index in [1.165, 1.54) is 13.2 Å². The summed E-state index contributed by atoms with van der Waals surface area (Å²) in [7, 11) is 2.29. The average molecular weight is 407 g/mol. The number of nitrogens with two attached hydrogens (primary N) is 1. The Morgan fingerprint density at radius 3 is 2.60 bits per heavy atom. The number of ether oxygens (including phenoxy) is 3. The molecular weight excluding hydrogens is 390 g/mol. The quantitative estimate of drug-likeness (QED) is 0.563. The fraction of sp³-hybridized carbons (Fsp3) is 0.238. The number of nitrogens with zero attached hydrogens (tertiary/aromatic N) is 2. The van der Waals surface area contributed by atoms with Crippen molar-refractivity contribution in [3.8, 4) is 24.2 Å². The summed E-state index contributed by atoms with van der Waals surface area (Å²) in [5.74, 6) is -0.168. The number of hydrogen-bond donors (Lipinski definition) is 1. The van der Waals surface area contributed by atoms with Crippen molar-refractivity contribution in [1.82, 2.24) is 4.90 Å². The Labute approximate surface area is 172 Å². The number of benzene rings is 1. The number of carbonyl (C=O) groups excluding carboxylic acids is 3. The summed E-state index contributed by atoms with van der Waals surface area (Å²) in [6.45, 7) is -0.255. The number of fused-ring (bicyclic) bond motifs is 2. The molecule has 0 bridgehead atoms. The second-order valence-electron chi connectivity index (χ2n) is 6.36. The minimum Gasteiger partial charge on any atom is -0.469 e. The molecule has 0 radical (unpaired) electrons. The third-order valence-electron chi connectivity index (χ3n) is 4.98. The van der Waals surface area contributed by atoms with Gasteiger partial charge in [-0.1, -0.05) is 24.1 Å². The molecule has 0 aliphatic carbocycles. The second-order valence-corrected chi connectivity index (χ2v) is 6.36. The first-order chi connectivity index (χ1) is 14.4. The first-order valence-electron chi connectivity index (χ1n) is 8.70. The summed E-state index contributed by atoms with van der Waals surface area (Å²) in [6.07, 6.45) is 4.99. The molecule has 0 aromatic heterocycles. The Balaban J connectivity index is 2.48. The van der Waals surface area contributed by atoms with Crippen molar-refractivity contribution in [2.75, 3.05) is 20.8 Å². The van der Waals surface area contributed by atoms with Crippen molar-refractivity contribution >= 4 is 17.8 Å². The Hall–Kier alpha value is -4.24. The highest BCUT2D eigenvalue weighted by Gasteiger charge is 2.62. The van der Waals surface area contributed by atoms with Gasteiger partial charge in [-0.3, -0.25) is 9.59 Å². The van der Waals surface area contributed by atoms with Gasteiger partial charge in [0.05, 0.1) is 32.8 Å². The lowest BCUT2D eigenvalue weighted by Crippen LogP contribution is -2.47. The molecule has 9 nitrogen and oxygen atoms in total. The summed E-state index contributed by atoms with van der Waals surface area (Å²) in [4.78, 5) is 39.9. The van der Waals surface area contributed by atoms with Crippen LogP contribution in [-0.4, -0.2) is 43.5 Å². The van der Waals surface area contributed by atoms with Crippen molar-refractivity contribution in [2.24, 2.45) is 5.73 Å². The minimum atomic E-state index is -1.97. The molecule has 0 saturated heterocycles. The molecule has 0 fully saturated rings. The van der Waals surface area contributed by atoms with Crippen LogP contribution in [0.3, 0.4) is 0 Å². The molecule has 152 valence electrons. The number of esters is 2. The van der Waals surface area contributed by atoms with Gasteiger partial charge in [-0.2, -0.15) is 5.26 Å². The maximum atomic E-state index is 13.8. The van der Waals surface area contributed by atoms with E-state index in [0.29, 0.717) is 0 Å². The van der Waals surface area contributed by atoms with Crippen molar-refractivity contribution in [3.63, 3.8) is 0 Å². The predicted octanol–water partition coefficient (Wildman–Crippen LogP) is 0.476. The third-order valence-corrected chi connectivity index (χ3v) is 4.98. The topological polar surface area (TPSA) is 132 Å². The van der Waals surface area contributed by atoms with E-state index in [4.69, 9.17) is 26.4 Å². The highest BCUT2D eigenvalue weighted by molar-refractivity contribution is 6.13. The molecule has 3 rings (SSSR count). The van der Waals surface area contributed by atoms with Gasteiger partial charge in [0.1, 0.15) is 17.4 Å². The van der Waals surface area contributed by atoms with Crippen LogP contribution in [0.25, 0.3) is 0 Å². The lowest BCUT2D eigenvalue weighted by Gasteiger charge is -2.35. The fourth-order valence-corrected chi connectivity index (χ4v) is 3.78. The summed E-state index contributed by atoms with van der Waals surface area (Å²) >= 11 is 0. The zero-order chi connectivity index (χ0) is 22.1. The summed E-state index contributed by atoms with van der Waals surface area (Å²) in [6, 6.07) is 8.24. The third kappa shape index (κ3) is 2.68. The van der Waals surface area contributed by atoms with Gasteiger partial charge in [0.2, 0.25) is 11.8 Å². The van der Waals surface area contributed by atoms with E-state index in [0.717, 1.165) is 12.0 Å². The van der Waals surface area contributed by atoms with Gasteiger partial charge in [-0.25, -0.2) is 4.79 Å². The standard InChI is InChI=1S/C21H17N3O6/c1-4-9-24-14(10-16(25)28-2)17(19(26)29-3)21(20(24)27)12-7-5-6-8-15(12)30-18(23)13(21)11-22/h1,5-8H,9-10,23H2,2-3H3. The van der Waals surface area contributed by atoms with Crippen molar-refractivity contribution in [3.05, 3.63) is 52.6 Å². The van der Waals surface area contributed by atoms with Crippen molar-refractivity contribution in [1.29, 1.82) is 5.26 Å². The summed E-state index contributed by atoms with van der Waals surface area (Å²) in [5.41, 5.74) is 3.67. The van der Waals surface area contributed by atoms with Gasteiger partial charge in [0.15, 0.2) is 5.41 Å². The van der Waals surface area contributed by atoms with Crippen LogP contribution in [-0.2, 0) is 29.3 Å². The zero-order valence-electron chi connectivity index (χ0n) is 16.2. The average Bonchev–Trinajstić information content (AvgIpc) is 2.97. The molecule has 1 unspecified atom stereocenters. The number of rotatable bonds is 4. The molecule has 1 atom stereocenters. The van der Waals surface area contributed by atoms with Crippen LogP contribution in [0, 0.1) is 23.7 Å². The number of methoxy groups -OCH3 is 2. The Morgan fingerprint density at radius 1 is 1.30 bits per heavy atom. The SMILES string of the molecule is C#CCN1C(=O)C2(C(C#N)=C(N)Oc3ccccc32)C(C(=O)OC)=C1CC(=O)OC. The van der Waals surface area contributed by atoms with Crippen LogP contribution >= 0.6 is 0 Å². The first-order valence-corrected chi connectivity index (χ1v) is 8.70. The largest absolute Gasteiger partial charge is 0.469 e. The molecule has 1 aromatic carbocycles. The van der Waals surface area contributed by atoms with Gasteiger partial charge in [0, 0.05) is 11.3 Å². The highest BCUT2D eigenvalue weighted by Crippen LogP contribution is 2.54. The molecule has 2 heterocycles. The van der Waals surface area contributed by atoms with Gasteiger partial charge in [-0.05, 0) is 6.07 Å². The van der Waals surface area contributed by atoms with E-state index in [2.05, 4.69) is 5.92 Å². The summed E-state index contributed by atoms with van der Waals surface area (Å²) in [5, 5.41) is 9.89. The van der Waals surface area contributed by atoms with E-state index < -0.39 is 29.7 Å². The molecule has 2 aliphatic heterocycles. The number of hydrogen-bond acceptors (Lipinski definition) is 8. The van der Waals surface area contributed by atoms with Crippen LogP contribution in [0.15, 0.2) is 47.0 Å². The van der Waals surface area contributed by atoms with Gasteiger partial charge >= 0.3 is 11.9 Å². The number of amides is 1. The first kappa shape index (κ1) is 20.5. The van der Waals surface area contributed by atoms with Crippen LogP contribution in [0.1, 0.15) is 12.0 Å². The van der Waals surface area contributed by atoms with Crippen molar-refractivity contribution < 1.29 is 28.6 Å². The molecule has 2 N–H and O–H groups in total. The number of carbonyl (C=O) groups is 3.